The van der Waals surface area contributed by atoms with Crippen LogP contribution < -0.4 is 0 Å². The second kappa shape index (κ2) is 6.04. The summed E-state index contributed by atoms with van der Waals surface area (Å²) >= 11 is 5.68. The Hall–Kier alpha value is -1.22. The molecule has 1 aromatic rings. The standard InChI is InChI=1S/C11H13ClN2O5S/c12-7-10-8-13(5-6-19-10)20(17,18)11-3-1-9(2-4-11)14(15)16/h1-4,10H,5-8H2. The van der Waals surface area contributed by atoms with E-state index in [0.717, 1.165) is 0 Å². The molecule has 110 valence electrons. The summed E-state index contributed by atoms with van der Waals surface area (Å²) in [5, 5.41) is 10.6. The molecule has 0 radical (unpaired) electrons. The van der Waals surface area contributed by atoms with Gasteiger partial charge in [-0.15, -0.1) is 11.6 Å². The smallest absolute Gasteiger partial charge is 0.269 e. The summed E-state index contributed by atoms with van der Waals surface area (Å²) in [5.41, 5.74) is -0.149. The maximum atomic E-state index is 12.4. The predicted octanol–water partition coefficient (Wildman–Crippen LogP) is 1.22. The average Bonchev–Trinajstić information content (AvgIpc) is 2.47. The van der Waals surface area contributed by atoms with E-state index in [1.165, 1.54) is 28.6 Å². The van der Waals surface area contributed by atoms with Gasteiger partial charge in [-0.1, -0.05) is 0 Å². The van der Waals surface area contributed by atoms with E-state index >= 15 is 0 Å². The molecule has 1 atom stereocenters. The van der Waals surface area contributed by atoms with Gasteiger partial charge in [-0.25, -0.2) is 8.42 Å². The highest BCUT2D eigenvalue weighted by molar-refractivity contribution is 7.89. The molecule has 1 aliphatic rings. The van der Waals surface area contributed by atoms with Gasteiger partial charge in [0, 0.05) is 31.1 Å². The van der Waals surface area contributed by atoms with E-state index in [1.54, 1.807) is 0 Å². The molecule has 1 fully saturated rings. The number of halogens is 1. The van der Waals surface area contributed by atoms with Crippen LogP contribution in [0.4, 0.5) is 5.69 Å². The second-order valence-corrected chi connectivity index (χ2v) is 6.51. The van der Waals surface area contributed by atoms with E-state index in [9.17, 15) is 18.5 Å². The summed E-state index contributed by atoms with van der Waals surface area (Å²) in [6.07, 6.45) is -0.335. The van der Waals surface area contributed by atoms with E-state index < -0.39 is 14.9 Å². The van der Waals surface area contributed by atoms with Crippen LogP contribution in [0.3, 0.4) is 0 Å². The fourth-order valence-corrected chi connectivity index (χ4v) is 3.54. The summed E-state index contributed by atoms with van der Waals surface area (Å²) in [4.78, 5) is 10.0. The molecular weight excluding hydrogens is 308 g/mol. The molecule has 2 rings (SSSR count). The van der Waals surface area contributed by atoms with Crippen molar-refractivity contribution in [2.75, 3.05) is 25.6 Å². The number of morpholine rings is 1. The molecule has 0 N–H and O–H groups in total. The van der Waals surface area contributed by atoms with Crippen molar-refractivity contribution in [3.8, 4) is 0 Å². The van der Waals surface area contributed by atoms with Crippen molar-refractivity contribution in [3.05, 3.63) is 34.4 Å². The molecule has 0 amide bonds. The van der Waals surface area contributed by atoms with Crippen molar-refractivity contribution in [2.45, 2.75) is 11.0 Å². The first-order valence-corrected chi connectivity index (χ1v) is 7.85. The Labute approximate surface area is 121 Å². The molecule has 0 bridgehead atoms. The molecule has 9 heteroatoms. The highest BCUT2D eigenvalue weighted by Crippen LogP contribution is 2.21. The minimum atomic E-state index is -3.68. The van der Waals surface area contributed by atoms with Crippen molar-refractivity contribution in [3.63, 3.8) is 0 Å². The van der Waals surface area contributed by atoms with Crippen LogP contribution >= 0.6 is 11.6 Å². The van der Waals surface area contributed by atoms with Gasteiger partial charge in [0.1, 0.15) is 0 Å². The molecule has 1 unspecified atom stereocenters. The lowest BCUT2D eigenvalue weighted by Crippen LogP contribution is -2.46. The third-order valence-corrected chi connectivity index (χ3v) is 5.18. The number of non-ortho nitro benzene ring substituents is 1. The molecule has 20 heavy (non-hydrogen) atoms. The summed E-state index contributed by atoms with van der Waals surface area (Å²) < 4.78 is 31.4. The van der Waals surface area contributed by atoms with Gasteiger partial charge in [-0.2, -0.15) is 4.31 Å². The monoisotopic (exact) mass is 320 g/mol. The number of alkyl halides is 1. The first kappa shape index (κ1) is 15.2. The van der Waals surface area contributed by atoms with Crippen LogP contribution in [0.25, 0.3) is 0 Å². The Morgan fingerprint density at radius 2 is 2.05 bits per heavy atom. The van der Waals surface area contributed by atoms with E-state index in [4.69, 9.17) is 16.3 Å². The molecule has 1 aromatic carbocycles. The van der Waals surface area contributed by atoms with E-state index in [2.05, 4.69) is 0 Å². The Morgan fingerprint density at radius 1 is 1.40 bits per heavy atom. The average molecular weight is 321 g/mol. The predicted molar refractivity (Wildman–Crippen MR) is 72.3 cm³/mol. The van der Waals surface area contributed by atoms with E-state index in [-0.39, 0.29) is 42.3 Å². The lowest BCUT2D eigenvalue weighted by Gasteiger charge is -2.31. The third-order valence-electron chi connectivity index (χ3n) is 2.96. The Morgan fingerprint density at radius 3 is 2.60 bits per heavy atom. The lowest BCUT2D eigenvalue weighted by molar-refractivity contribution is -0.384. The topological polar surface area (TPSA) is 89.8 Å². The molecule has 1 saturated heterocycles. The zero-order valence-electron chi connectivity index (χ0n) is 10.4. The first-order valence-electron chi connectivity index (χ1n) is 5.87. The molecule has 7 nitrogen and oxygen atoms in total. The van der Waals surface area contributed by atoms with Crippen molar-refractivity contribution in [2.24, 2.45) is 0 Å². The molecule has 0 aliphatic carbocycles. The minimum absolute atomic E-state index is 0.0262. The Bertz CT molecular complexity index is 589. The fourth-order valence-electron chi connectivity index (χ4n) is 1.89. The second-order valence-electron chi connectivity index (χ2n) is 4.26. The largest absolute Gasteiger partial charge is 0.374 e. The third kappa shape index (κ3) is 3.09. The SMILES string of the molecule is O=[N+]([O-])c1ccc(S(=O)(=O)N2CCOC(CCl)C2)cc1. The summed E-state index contributed by atoms with van der Waals surface area (Å²) in [7, 11) is -3.68. The van der Waals surface area contributed by atoms with Crippen molar-refractivity contribution < 1.29 is 18.1 Å². The van der Waals surface area contributed by atoms with Crippen LogP contribution in [0, 0.1) is 10.1 Å². The summed E-state index contributed by atoms with van der Waals surface area (Å²) in [6, 6.07) is 4.82. The van der Waals surface area contributed by atoms with E-state index in [1.807, 2.05) is 0 Å². The maximum absolute atomic E-state index is 12.4. The summed E-state index contributed by atoms with van der Waals surface area (Å²) in [5.74, 6) is 0.215. The van der Waals surface area contributed by atoms with E-state index in [0.29, 0.717) is 0 Å². The van der Waals surface area contributed by atoms with Gasteiger partial charge in [0.05, 0.1) is 22.5 Å². The van der Waals surface area contributed by atoms with Crippen LogP contribution in [0.15, 0.2) is 29.2 Å². The van der Waals surface area contributed by atoms with Gasteiger partial charge in [-0.3, -0.25) is 10.1 Å². The number of nitrogens with zero attached hydrogens (tertiary/aromatic N) is 2. The lowest BCUT2D eigenvalue weighted by atomic mass is 10.3. The van der Waals surface area contributed by atoms with Crippen LogP contribution in [0.1, 0.15) is 0 Å². The quantitative estimate of drug-likeness (QED) is 0.473. The fraction of sp³-hybridized carbons (Fsp3) is 0.455. The van der Waals surface area contributed by atoms with Gasteiger partial charge in [0.25, 0.3) is 5.69 Å². The van der Waals surface area contributed by atoms with Gasteiger partial charge >= 0.3 is 0 Å². The number of hydrogen-bond donors (Lipinski definition) is 0. The van der Waals surface area contributed by atoms with Gasteiger partial charge in [-0.05, 0) is 12.1 Å². The van der Waals surface area contributed by atoms with Crippen LogP contribution in [-0.4, -0.2) is 49.3 Å². The molecule has 0 spiro atoms. The number of rotatable bonds is 4. The van der Waals surface area contributed by atoms with Crippen molar-refractivity contribution >= 4 is 27.3 Å². The Balaban J connectivity index is 2.23. The number of ether oxygens (including phenoxy) is 1. The Kier molecular flexibility index (Phi) is 4.59. The minimum Gasteiger partial charge on any atom is -0.374 e. The van der Waals surface area contributed by atoms with Gasteiger partial charge in [0.2, 0.25) is 10.0 Å². The molecular formula is C11H13ClN2O5S. The normalized spacial score (nSPS) is 20.8. The number of nitro benzene ring substituents is 1. The van der Waals surface area contributed by atoms with Crippen LogP contribution in [0.5, 0.6) is 0 Å². The molecule has 0 saturated carbocycles. The van der Waals surface area contributed by atoms with Crippen LogP contribution in [-0.2, 0) is 14.8 Å². The number of hydrogen-bond acceptors (Lipinski definition) is 5. The number of sulfonamides is 1. The van der Waals surface area contributed by atoms with Crippen molar-refractivity contribution in [1.29, 1.82) is 0 Å². The highest BCUT2D eigenvalue weighted by atomic mass is 35.5. The number of benzene rings is 1. The molecule has 1 heterocycles. The highest BCUT2D eigenvalue weighted by Gasteiger charge is 2.30. The molecule has 0 aromatic heterocycles. The van der Waals surface area contributed by atoms with Gasteiger partial charge < -0.3 is 4.74 Å². The zero-order valence-corrected chi connectivity index (χ0v) is 12.0. The van der Waals surface area contributed by atoms with Crippen molar-refractivity contribution in [1.82, 2.24) is 4.31 Å². The first-order chi connectivity index (χ1) is 9.45. The summed E-state index contributed by atoms with van der Waals surface area (Å²) in [6.45, 7) is 0.707. The molecule has 1 aliphatic heterocycles. The number of nitro groups is 1. The van der Waals surface area contributed by atoms with Gasteiger partial charge in [0.15, 0.2) is 0 Å². The maximum Gasteiger partial charge on any atom is 0.269 e. The zero-order chi connectivity index (χ0) is 14.8. The van der Waals surface area contributed by atoms with Crippen LogP contribution in [0.2, 0.25) is 0 Å².